The lowest BCUT2D eigenvalue weighted by Crippen LogP contribution is -2.44. The predicted octanol–water partition coefficient (Wildman–Crippen LogP) is 2.79. The van der Waals surface area contributed by atoms with Crippen molar-refractivity contribution in [1.29, 1.82) is 5.26 Å². The summed E-state index contributed by atoms with van der Waals surface area (Å²) in [6, 6.07) is 21.8. The van der Waals surface area contributed by atoms with E-state index >= 15 is 0 Å². The van der Waals surface area contributed by atoms with Gasteiger partial charge in [-0.25, -0.2) is 0 Å². The molecule has 0 bridgehead atoms. The van der Waals surface area contributed by atoms with Gasteiger partial charge in [0, 0.05) is 6.54 Å². The summed E-state index contributed by atoms with van der Waals surface area (Å²) in [5, 5.41) is 22.5. The summed E-state index contributed by atoms with van der Waals surface area (Å²) < 4.78 is 0. The number of hydrogen-bond acceptors (Lipinski definition) is 3. The van der Waals surface area contributed by atoms with Gasteiger partial charge in [-0.3, -0.25) is 0 Å². The fourth-order valence-electron chi connectivity index (χ4n) is 2.31. The van der Waals surface area contributed by atoms with Crippen LogP contribution in [0.4, 0.5) is 0 Å². The molecule has 0 aromatic heterocycles. The highest BCUT2D eigenvalue weighted by molar-refractivity contribution is 5.27. The third-order valence-corrected chi connectivity index (χ3v) is 3.78. The van der Waals surface area contributed by atoms with Gasteiger partial charge < -0.3 is 10.4 Å². The SMILES string of the molecule is CC(CO)(NCC(C#N)c1ccccc1)c1ccccc1. The number of aliphatic hydroxyl groups is 1. The van der Waals surface area contributed by atoms with Crippen LogP contribution < -0.4 is 5.32 Å². The standard InChI is InChI=1S/C18H20N2O/c1-18(14-21,17-10-6-3-7-11-17)20-13-16(12-19)15-8-4-2-5-9-15/h2-11,16,20-21H,13-14H2,1H3. The van der Waals surface area contributed by atoms with Crippen LogP contribution in [0.1, 0.15) is 24.0 Å². The van der Waals surface area contributed by atoms with E-state index in [4.69, 9.17) is 0 Å². The molecule has 0 aliphatic rings. The van der Waals surface area contributed by atoms with Gasteiger partial charge in [-0.1, -0.05) is 60.7 Å². The lowest BCUT2D eigenvalue weighted by molar-refractivity contribution is 0.174. The molecule has 0 aliphatic heterocycles. The van der Waals surface area contributed by atoms with Crippen LogP contribution in [-0.2, 0) is 5.54 Å². The Kier molecular flexibility index (Phi) is 5.10. The summed E-state index contributed by atoms with van der Waals surface area (Å²) in [6.45, 7) is 2.41. The summed E-state index contributed by atoms with van der Waals surface area (Å²) in [4.78, 5) is 0. The average Bonchev–Trinajstić information content (AvgIpc) is 2.57. The van der Waals surface area contributed by atoms with Crippen LogP contribution in [0.2, 0.25) is 0 Å². The second-order valence-corrected chi connectivity index (χ2v) is 5.33. The van der Waals surface area contributed by atoms with E-state index in [1.54, 1.807) is 0 Å². The minimum absolute atomic E-state index is 0.0239. The van der Waals surface area contributed by atoms with Gasteiger partial charge in [0.1, 0.15) is 0 Å². The van der Waals surface area contributed by atoms with E-state index in [-0.39, 0.29) is 12.5 Å². The molecule has 0 amide bonds. The number of nitrogens with zero attached hydrogens (tertiary/aromatic N) is 1. The molecule has 3 heteroatoms. The van der Waals surface area contributed by atoms with E-state index in [2.05, 4.69) is 11.4 Å². The number of aliphatic hydroxyl groups excluding tert-OH is 1. The van der Waals surface area contributed by atoms with E-state index < -0.39 is 5.54 Å². The van der Waals surface area contributed by atoms with Crippen LogP contribution in [0.15, 0.2) is 60.7 Å². The zero-order valence-electron chi connectivity index (χ0n) is 12.2. The van der Waals surface area contributed by atoms with Crippen molar-refractivity contribution in [2.45, 2.75) is 18.4 Å². The maximum Gasteiger partial charge on any atom is 0.0837 e. The monoisotopic (exact) mass is 280 g/mol. The van der Waals surface area contributed by atoms with Crippen LogP contribution in [0.25, 0.3) is 0 Å². The van der Waals surface area contributed by atoms with E-state index in [9.17, 15) is 10.4 Å². The molecule has 0 spiro atoms. The molecule has 0 saturated heterocycles. The first kappa shape index (κ1) is 15.2. The highest BCUT2D eigenvalue weighted by Crippen LogP contribution is 2.22. The number of rotatable bonds is 6. The number of hydrogen-bond donors (Lipinski definition) is 2. The smallest absolute Gasteiger partial charge is 0.0837 e. The molecule has 0 saturated carbocycles. The van der Waals surface area contributed by atoms with Gasteiger partial charge in [-0.2, -0.15) is 5.26 Å². The Balaban J connectivity index is 2.11. The summed E-state index contributed by atoms with van der Waals surface area (Å²) >= 11 is 0. The minimum Gasteiger partial charge on any atom is -0.394 e. The highest BCUT2D eigenvalue weighted by atomic mass is 16.3. The molecule has 0 radical (unpaired) electrons. The van der Waals surface area contributed by atoms with Gasteiger partial charge in [-0.05, 0) is 18.1 Å². The van der Waals surface area contributed by atoms with Gasteiger partial charge in [0.2, 0.25) is 0 Å². The lowest BCUT2D eigenvalue weighted by Gasteiger charge is -2.30. The first-order valence-electron chi connectivity index (χ1n) is 7.05. The third kappa shape index (κ3) is 3.69. The zero-order chi connectivity index (χ0) is 15.1. The fourth-order valence-corrected chi connectivity index (χ4v) is 2.31. The first-order valence-corrected chi connectivity index (χ1v) is 7.05. The fraction of sp³-hybridized carbons (Fsp3) is 0.278. The molecule has 3 nitrogen and oxygen atoms in total. The summed E-state index contributed by atoms with van der Waals surface area (Å²) in [5.41, 5.74) is 1.45. The second kappa shape index (κ2) is 7.03. The molecular formula is C18H20N2O. The number of nitriles is 1. The molecular weight excluding hydrogens is 260 g/mol. The van der Waals surface area contributed by atoms with Gasteiger partial charge in [0.05, 0.1) is 24.1 Å². The Labute approximate surface area is 125 Å². The Bertz CT molecular complexity index is 592. The summed E-state index contributed by atoms with van der Waals surface area (Å²) in [7, 11) is 0. The molecule has 2 unspecified atom stereocenters. The van der Waals surface area contributed by atoms with Gasteiger partial charge in [0.15, 0.2) is 0 Å². The maximum atomic E-state index is 9.75. The molecule has 2 N–H and O–H groups in total. The van der Waals surface area contributed by atoms with Crippen LogP contribution in [0.3, 0.4) is 0 Å². The Morgan fingerprint density at radius 3 is 2.19 bits per heavy atom. The first-order chi connectivity index (χ1) is 10.2. The number of nitrogens with one attached hydrogen (secondary N) is 1. The van der Waals surface area contributed by atoms with Crippen LogP contribution in [0, 0.1) is 11.3 Å². The molecule has 21 heavy (non-hydrogen) atoms. The largest absolute Gasteiger partial charge is 0.394 e. The van der Waals surface area contributed by atoms with Crippen molar-refractivity contribution in [3.8, 4) is 6.07 Å². The topological polar surface area (TPSA) is 56.0 Å². The highest BCUT2D eigenvalue weighted by Gasteiger charge is 2.26. The summed E-state index contributed by atoms with van der Waals surface area (Å²) in [5.74, 6) is -0.235. The zero-order valence-corrected chi connectivity index (χ0v) is 12.2. The third-order valence-electron chi connectivity index (χ3n) is 3.78. The molecule has 2 aromatic carbocycles. The van der Waals surface area contributed by atoms with Gasteiger partial charge in [-0.15, -0.1) is 0 Å². The van der Waals surface area contributed by atoms with Crippen molar-refractivity contribution in [2.24, 2.45) is 0 Å². The second-order valence-electron chi connectivity index (χ2n) is 5.33. The summed E-state index contributed by atoms with van der Waals surface area (Å²) in [6.07, 6.45) is 0. The molecule has 0 heterocycles. The molecule has 108 valence electrons. The molecule has 2 atom stereocenters. The normalized spacial score (nSPS) is 14.9. The lowest BCUT2D eigenvalue weighted by atomic mass is 9.91. The minimum atomic E-state index is -0.550. The van der Waals surface area contributed by atoms with E-state index in [0.29, 0.717) is 6.54 Å². The van der Waals surface area contributed by atoms with Crippen molar-refractivity contribution in [3.63, 3.8) is 0 Å². The van der Waals surface area contributed by atoms with Crippen molar-refractivity contribution in [3.05, 3.63) is 71.8 Å². The van der Waals surface area contributed by atoms with Gasteiger partial charge >= 0.3 is 0 Å². The van der Waals surface area contributed by atoms with Gasteiger partial charge in [0.25, 0.3) is 0 Å². The Morgan fingerprint density at radius 1 is 1.10 bits per heavy atom. The van der Waals surface area contributed by atoms with Crippen molar-refractivity contribution in [1.82, 2.24) is 5.32 Å². The molecule has 2 rings (SSSR count). The molecule has 0 aliphatic carbocycles. The molecule has 2 aromatic rings. The van der Waals surface area contributed by atoms with Crippen molar-refractivity contribution >= 4 is 0 Å². The predicted molar refractivity (Wildman–Crippen MR) is 83.7 cm³/mol. The quantitative estimate of drug-likeness (QED) is 0.855. The average molecular weight is 280 g/mol. The van der Waals surface area contributed by atoms with Crippen LogP contribution in [0.5, 0.6) is 0 Å². The van der Waals surface area contributed by atoms with E-state index in [0.717, 1.165) is 11.1 Å². The number of benzene rings is 2. The molecule has 0 fully saturated rings. The van der Waals surface area contributed by atoms with Crippen molar-refractivity contribution in [2.75, 3.05) is 13.2 Å². The van der Waals surface area contributed by atoms with Crippen molar-refractivity contribution < 1.29 is 5.11 Å². The van der Waals surface area contributed by atoms with E-state index in [1.165, 1.54) is 0 Å². The van der Waals surface area contributed by atoms with E-state index in [1.807, 2.05) is 67.6 Å². The maximum absolute atomic E-state index is 9.75. The Hall–Kier alpha value is -2.15. The Morgan fingerprint density at radius 2 is 1.67 bits per heavy atom. The van der Waals surface area contributed by atoms with Crippen LogP contribution >= 0.6 is 0 Å². The van der Waals surface area contributed by atoms with Crippen LogP contribution in [-0.4, -0.2) is 18.3 Å².